The quantitative estimate of drug-likeness (QED) is 0.697. The lowest BCUT2D eigenvalue weighted by Crippen LogP contribution is -2.47. The van der Waals surface area contributed by atoms with E-state index in [1.807, 2.05) is 30.3 Å². The van der Waals surface area contributed by atoms with Crippen molar-refractivity contribution in [2.45, 2.75) is 26.2 Å². The Hall–Kier alpha value is -0.546. The molecule has 0 atom stereocenters. The molecule has 0 amide bonds. The third-order valence-corrected chi connectivity index (χ3v) is 14.8. The van der Waals surface area contributed by atoms with Crippen LogP contribution >= 0.6 is 0 Å². The van der Waals surface area contributed by atoms with Gasteiger partial charge in [-0.3, -0.25) is 0 Å². The molecule has 0 aliphatic rings. The summed E-state index contributed by atoms with van der Waals surface area (Å²) in [4.78, 5) is 0. The number of hydrogen-bond acceptors (Lipinski definition) is 1. The number of rotatable bonds is 3. The van der Waals surface area contributed by atoms with E-state index in [0.29, 0.717) is 0 Å². The zero-order valence-corrected chi connectivity index (χ0v) is 11.0. The number of benzene rings is 1. The van der Waals surface area contributed by atoms with Crippen molar-refractivity contribution in [3.8, 4) is 5.75 Å². The van der Waals surface area contributed by atoms with Gasteiger partial charge in [-0.15, -0.1) is 0 Å². The Balaban J connectivity index is 2.69. The molecule has 1 aromatic carbocycles. The first-order chi connectivity index (χ1) is 6.02. The van der Waals surface area contributed by atoms with Crippen LogP contribution in [0.15, 0.2) is 30.3 Å². The van der Waals surface area contributed by atoms with Gasteiger partial charge in [0.15, 0.2) is 0 Å². The summed E-state index contributed by atoms with van der Waals surface area (Å²) in [5.41, 5.74) is 0. The summed E-state index contributed by atoms with van der Waals surface area (Å²) in [5, 5.41) is 0. The summed E-state index contributed by atoms with van der Waals surface area (Å²) >= 11 is 0. The molecule has 1 nitrogen and oxygen atoms in total. The van der Waals surface area contributed by atoms with Crippen LogP contribution in [0.25, 0.3) is 0 Å². The summed E-state index contributed by atoms with van der Waals surface area (Å²) in [6.45, 7) is 9.37. The van der Waals surface area contributed by atoms with Gasteiger partial charge in [-0.05, 0) is 25.2 Å². The van der Waals surface area contributed by atoms with E-state index in [1.54, 1.807) is 0 Å². The van der Waals surface area contributed by atoms with Crippen LogP contribution in [0.1, 0.15) is 0 Å². The predicted octanol–water partition coefficient (Wildman–Crippen LogP) is 2.84. The molecule has 72 valence electrons. The van der Waals surface area contributed by atoms with Gasteiger partial charge in [0.2, 0.25) is 7.83 Å². The lowest BCUT2D eigenvalue weighted by Gasteiger charge is -2.27. The molecule has 0 bridgehead atoms. The molecule has 1 aromatic rings. The summed E-state index contributed by atoms with van der Waals surface area (Å²) in [6.07, 6.45) is 0. The normalized spacial score (nSPS) is 11.8. The van der Waals surface area contributed by atoms with Gasteiger partial charge in [0, 0.05) is 0 Å². The molecular weight excluding hydrogens is 192 g/mol. The second-order valence-corrected chi connectivity index (χ2v) is 17.5. The van der Waals surface area contributed by atoms with Crippen LogP contribution in [-0.2, 0) is 0 Å². The van der Waals surface area contributed by atoms with Crippen LogP contribution in [-0.4, -0.2) is 16.1 Å². The minimum absolute atomic E-state index is 0.633. The molecule has 0 fully saturated rings. The van der Waals surface area contributed by atoms with Gasteiger partial charge in [-0.1, -0.05) is 31.3 Å². The first kappa shape index (κ1) is 10.5. The average Bonchev–Trinajstić information content (AvgIpc) is 2.05. The molecule has 0 aliphatic heterocycles. The predicted molar refractivity (Wildman–Crippen MR) is 63.4 cm³/mol. The summed E-state index contributed by atoms with van der Waals surface area (Å²) in [5.74, 6) is 1.04. The van der Waals surface area contributed by atoms with Gasteiger partial charge in [-0.2, -0.15) is 0 Å². The van der Waals surface area contributed by atoms with E-state index in [-0.39, 0.29) is 0 Å². The number of hydrogen-bond donors (Lipinski definition) is 0. The largest absolute Gasteiger partial charge is 0.547 e. The molecule has 13 heavy (non-hydrogen) atoms. The second kappa shape index (κ2) is 4.11. The van der Waals surface area contributed by atoms with Crippen molar-refractivity contribution in [2.24, 2.45) is 0 Å². The van der Waals surface area contributed by atoms with E-state index in [4.69, 9.17) is 4.43 Å². The van der Waals surface area contributed by atoms with Crippen LogP contribution in [0.4, 0.5) is 0 Å². The third-order valence-electron chi connectivity index (χ3n) is 2.51. The maximum Gasteiger partial charge on any atom is 0.225 e. The Labute approximate surface area is 83.3 Å². The maximum atomic E-state index is 6.06. The smallest absolute Gasteiger partial charge is 0.225 e. The SMILES string of the molecule is C[SiH](C)[Si](C)(C)Oc1ccccc1. The lowest BCUT2D eigenvalue weighted by atomic mass is 10.3. The van der Waals surface area contributed by atoms with Gasteiger partial charge in [0.25, 0.3) is 0 Å². The molecule has 0 radical (unpaired) electrons. The topological polar surface area (TPSA) is 9.23 Å². The molecular formula is C10H18OSi2. The highest BCUT2D eigenvalue weighted by Crippen LogP contribution is 2.16. The Bertz CT molecular complexity index is 257. The zero-order chi connectivity index (χ0) is 9.90. The summed E-state index contributed by atoms with van der Waals surface area (Å²) in [6, 6.07) is 10.2. The average molecular weight is 210 g/mol. The van der Waals surface area contributed by atoms with Crippen molar-refractivity contribution in [1.29, 1.82) is 0 Å². The number of para-hydroxylation sites is 1. The first-order valence-electron chi connectivity index (χ1n) is 4.76. The van der Waals surface area contributed by atoms with Crippen molar-refractivity contribution >= 4 is 16.1 Å². The fourth-order valence-electron chi connectivity index (χ4n) is 0.910. The minimum atomic E-state index is -1.38. The van der Waals surface area contributed by atoms with Gasteiger partial charge in [0.1, 0.15) is 5.75 Å². The molecule has 3 heteroatoms. The fraction of sp³-hybridized carbons (Fsp3) is 0.400. The highest BCUT2D eigenvalue weighted by Gasteiger charge is 2.29. The molecule has 0 heterocycles. The third kappa shape index (κ3) is 3.01. The van der Waals surface area contributed by atoms with E-state index in [0.717, 1.165) is 5.75 Å². The summed E-state index contributed by atoms with van der Waals surface area (Å²) < 4.78 is 6.06. The molecule has 0 saturated heterocycles. The van der Waals surface area contributed by atoms with Crippen LogP contribution in [0.5, 0.6) is 5.75 Å². The monoisotopic (exact) mass is 210 g/mol. The fourth-order valence-corrected chi connectivity index (χ4v) is 3.00. The second-order valence-electron chi connectivity index (χ2n) is 4.17. The highest BCUT2D eigenvalue weighted by molar-refractivity contribution is 7.28. The maximum absolute atomic E-state index is 6.06. The summed E-state index contributed by atoms with van der Waals surface area (Å²) in [7, 11) is -2.02. The van der Waals surface area contributed by atoms with E-state index in [9.17, 15) is 0 Å². The van der Waals surface area contributed by atoms with E-state index in [2.05, 4.69) is 26.2 Å². The Morgan fingerprint density at radius 2 is 1.62 bits per heavy atom. The van der Waals surface area contributed by atoms with Crippen molar-refractivity contribution in [3.05, 3.63) is 30.3 Å². The van der Waals surface area contributed by atoms with E-state index in [1.165, 1.54) is 0 Å². The van der Waals surface area contributed by atoms with Crippen molar-refractivity contribution in [3.63, 3.8) is 0 Å². The molecule has 0 aromatic heterocycles. The van der Waals surface area contributed by atoms with Crippen molar-refractivity contribution in [1.82, 2.24) is 0 Å². The molecule has 0 spiro atoms. The van der Waals surface area contributed by atoms with Crippen LogP contribution in [0.2, 0.25) is 26.2 Å². The Kier molecular flexibility index (Phi) is 3.33. The van der Waals surface area contributed by atoms with Gasteiger partial charge in [0.05, 0.1) is 8.31 Å². The molecule has 1 rings (SSSR count). The van der Waals surface area contributed by atoms with Crippen molar-refractivity contribution in [2.75, 3.05) is 0 Å². The molecule has 0 unspecified atom stereocenters. The molecule has 0 N–H and O–H groups in total. The Morgan fingerprint density at radius 1 is 1.08 bits per heavy atom. The van der Waals surface area contributed by atoms with Crippen LogP contribution in [0.3, 0.4) is 0 Å². The minimum Gasteiger partial charge on any atom is -0.547 e. The lowest BCUT2D eigenvalue weighted by molar-refractivity contribution is 0.570. The van der Waals surface area contributed by atoms with E-state index < -0.39 is 16.1 Å². The van der Waals surface area contributed by atoms with Crippen molar-refractivity contribution < 1.29 is 4.43 Å². The zero-order valence-electron chi connectivity index (χ0n) is 8.87. The van der Waals surface area contributed by atoms with Gasteiger partial charge < -0.3 is 4.43 Å². The van der Waals surface area contributed by atoms with Crippen LogP contribution < -0.4 is 4.43 Å². The Morgan fingerprint density at radius 3 is 2.08 bits per heavy atom. The standard InChI is InChI=1S/C10H18OSi2/c1-12(2)13(3,4)11-10-8-6-5-7-9-10/h5-9,12H,1-4H3. The van der Waals surface area contributed by atoms with E-state index >= 15 is 0 Å². The van der Waals surface area contributed by atoms with Gasteiger partial charge >= 0.3 is 0 Å². The first-order valence-corrected chi connectivity index (χ1v) is 11.8. The highest BCUT2D eigenvalue weighted by atomic mass is 29.2. The van der Waals surface area contributed by atoms with Gasteiger partial charge in [-0.25, -0.2) is 0 Å². The van der Waals surface area contributed by atoms with Crippen LogP contribution in [0, 0.1) is 0 Å². The molecule has 0 saturated carbocycles. The molecule has 0 aliphatic carbocycles.